The van der Waals surface area contributed by atoms with Crippen LogP contribution >= 0.6 is 0 Å². The summed E-state index contributed by atoms with van der Waals surface area (Å²) in [6.45, 7) is 25.9. The van der Waals surface area contributed by atoms with Crippen LogP contribution in [0.5, 0.6) is 0 Å². The zero-order chi connectivity index (χ0) is 24.0. The highest BCUT2D eigenvalue weighted by Crippen LogP contribution is 2.27. The van der Waals surface area contributed by atoms with Crippen LogP contribution in [0.3, 0.4) is 0 Å². The van der Waals surface area contributed by atoms with Gasteiger partial charge in [-0.15, -0.1) is 0 Å². The summed E-state index contributed by atoms with van der Waals surface area (Å²) in [7, 11) is 0. The Morgan fingerprint density at radius 1 is 0.970 bits per heavy atom. The van der Waals surface area contributed by atoms with E-state index in [-0.39, 0.29) is 0 Å². The summed E-state index contributed by atoms with van der Waals surface area (Å²) < 4.78 is 0. The number of nitrogens with zero attached hydrogens (tertiary/aromatic N) is 5. The first-order chi connectivity index (χ1) is 15.8. The molecular formula is C27H42N6. The van der Waals surface area contributed by atoms with E-state index in [0.717, 1.165) is 71.0 Å². The molecule has 2 fully saturated rings. The van der Waals surface area contributed by atoms with Crippen LogP contribution in [0, 0.1) is 13.8 Å². The molecule has 2 saturated heterocycles. The lowest BCUT2D eigenvalue weighted by atomic mass is 9.97. The molecule has 33 heavy (non-hydrogen) atoms. The van der Waals surface area contributed by atoms with Gasteiger partial charge in [0.05, 0.1) is 0 Å². The molecular weight excluding hydrogens is 408 g/mol. The smallest absolute Gasteiger partial charge is 0.195 e. The van der Waals surface area contributed by atoms with Gasteiger partial charge in [0.25, 0.3) is 0 Å². The number of aryl methyl sites for hydroxylation is 2. The highest BCUT2D eigenvalue weighted by molar-refractivity contribution is 5.79. The summed E-state index contributed by atoms with van der Waals surface area (Å²) >= 11 is 0. The number of nitrogens with two attached hydrogens (primary N) is 1. The van der Waals surface area contributed by atoms with Crippen molar-refractivity contribution in [3.05, 3.63) is 65.5 Å². The van der Waals surface area contributed by atoms with Crippen LogP contribution < -0.4 is 5.73 Å². The SMILES string of the molecule is C=C/N=C(\N)N1CCN(C(=C)c2cc(CN3CCN(/C(C)=C/CC)CC3)c(C)cc2C)CC1. The monoisotopic (exact) mass is 450 g/mol. The molecule has 3 rings (SSSR count). The maximum absolute atomic E-state index is 6.03. The van der Waals surface area contributed by atoms with Crippen molar-refractivity contribution in [3.63, 3.8) is 0 Å². The molecule has 0 aliphatic carbocycles. The van der Waals surface area contributed by atoms with Crippen LogP contribution in [-0.2, 0) is 6.54 Å². The van der Waals surface area contributed by atoms with Gasteiger partial charge >= 0.3 is 0 Å². The number of rotatable bonds is 7. The van der Waals surface area contributed by atoms with Gasteiger partial charge in [0, 0.05) is 82.1 Å². The van der Waals surface area contributed by atoms with Crippen molar-refractivity contribution in [2.24, 2.45) is 10.7 Å². The molecule has 2 N–H and O–H groups in total. The van der Waals surface area contributed by atoms with E-state index in [1.807, 2.05) is 0 Å². The average Bonchev–Trinajstić information content (AvgIpc) is 2.81. The Hall–Kier alpha value is -2.73. The molecule has 0 radical (unpaired) electrons. The number of aliphatic imine (C=N–C) groups is 1. The van der Waals surface area contributed by atoms with Gasteiger partial charge in [-0.25, -0.2) is 4.99 Å². The number of hydrogen-bond acceptors (Lipinski definition) is 4. The first-order valence-electron chi connectivity index (χ1n) is 12.2. The quantitative estimate of drug-likeness (QED) is 0.506. The van der Waals surface area contributed by atoms with Gasteiger partial charge in [0.15, 0.2) is 5.96 Å². The average molecular weight is 451 g/mol. The van der Waals surface area contributed by atoms with Crippen LogP contribution in [0.15, 0.2) is 48.3 Å². The fourth-order valence-corrected chi connectivity index (χ4v) is 4.85. The van der Waals surface area contributed by atoms with Gasteiger partial charge < -0.3 is 20.4 Å². The van der Waals surface area contributed by atoms with Gasteiger partial charge in [0.2, 0.25) is 0 Å². The van der Waals surface area contributed by atoms with Gasteiger partial charge in [-0.3, -0.25) is 4.90 Å². The second kappa shape index (κ2) is 11.4. The Labute approximate surface area is 200 Å². The maximum atomic E-state index is 6.03. The zero-order valence-electron chi connectivity index (χ0n) is 21.1. The molecule has 6 heteroatoms. The van der Waals surface area contributed by atoms with Crippen molar-refractivity contribution < 1.29 is 0 Å². The second-order valence-corrected chi connectivity index (χ2v) is 9.20. The van der Waals surface area contributed by atoms with E-state index in [1.54, 1.807) is 0 Å². The third-order valence-electron chi connectivity index (χ3n) is 6.97. The minimum atomic E-state index is 0.546. The van der Waals surface area contributed by atoms with Gasteiger partial charge in [0.1, 0.15) is 0 Å². The molecule has 2 heterocycles. The van der Waals surface area contributed by atoms with E-state index < -0.39 is 0 Å². The fraction of sp³-hybridized carbons (Fsp3) is 0.519. The minimum Gasteiger partial charge on any atom is -0.373 e. The van der Waals surface area contributed by atoms with Crippen LogP contribution in [0.2, 0.25) is 0 Å². The van der Waals surface area contributed by atoms with Crippen molar-refractivity contribution in [2.75, 3.05) is 52.4 Å². The van der Waals surface area contributed by atoms with Crippen molar-refractivity contribution >= 4 is 11.7 Å². The number of allylic oxidation sites excluding steroid dienone is 2. The molecule has 0 bridgehead atoms. The summed E-state index contributed by atoms with van der Waals surface area (Å²) in [5.74, 6) is 0.546. The van der Waals surface area contributed by atoms with E-state index >= 15 is 0 Å². The lowest BCUT2D eigenvalue weighted by Crippen LogP contribution is -2.50. The zero-order valence-corrected chi connectivity index (χ0v) is 21.1. The molecule has 0 saturated carbocycles. The third-order valence-corrected chi connectivity index (χ3v) is 6.97. The molecule has 0 unspecified atom stereocenters. The molecule has 2 aliphatic heterocycles. The molecule has 0 atom stereocenters. The van der Waals surface area contributed by atoms with E-state index in [1.165, 1.54) is 34.2 Å². The number of guanidine groups is 1. The summed E-state index contributed by atoms with van der Waals surface area (Å²) in [4.78, 5) is 13.7. The highest BCUT2D eigenvalue weighted by Gasteiger charge is 2.22. The van der Waals surface area contributed by atoms with E-state index in [4.69, 9.17) is 5.73 Å². The summed E-state index contributed by atoms with van der Waals surface area (Å²) in [5.41, 5.74) is 13.9. The highest BCUT2D eigenvalue weighted by atomic mass is 15.3. The fourth-order valence-electron chi connectivity index (χ4n) is 4.85. The summed E-state index contributed by atoms with van der Waals surface area (Å²) in [6.07, 6.45) is 4.94. The predicted molar refractivity (Wildman–Crippen MR) is 141 cm³/mol. The van der Waals surface area contributed by atoms with E-state index in [9.17, 15) is 0 Å². The van der Waals surface area contributed by atoms with Crippen LogP contribution in [0.1, 0.15) is 42.5 Å². The third kappa shape index (κ3) is 6.20. The van der Waals surface area contributed by atoms with Crippen molar-refractivity contribution in [1.29, 1.82) is 0 Å². The lowest BCUT2D eigenvalue weighted by molar-refractivity contribution is 0.152. The molecule has 2 aliphatic rings. The van der Waals surface area contributed by atoms with E-state index in [0.29, 0.717) is 5.96 Å². The minimum absolute atomic E-state index is 0.546. The van der Waals surface area contributed by atoms with Gasteiger partial charge in [-0.1, -0.05) is 32.2 Å². The molecule has 0 amide bonds. The topological polar surface area (TPSA) is 51.3 Å². The Bertz CT molecular complexity index is 899. The van der Waals surface area contributed by atoms with Crippen LogP contribution in [0.25, 0.3) is 5.70 Å². The predicted octanol–water partition coefficient (Wildman–Crippen LogP) is 3.78. The Kier molecular flexibility index (Phi) is 8.61. The first-order valence-corrected chi connectivity index (χ1v) is 12.2. The van der Waals surface area contributed by atoms with Crippen molar-refractivity contribution in [2.45, 2.75) is 40.7 Å². The number of benzene rings is 1. The standard InChI is InChI=1S/C27H42N6/c1-7-9-23(5)31-12-10-30(11-13-31)20-25-19-26(22(4)18-21(25)3)24(6)32-14-16-33(17-15-32)27(28)29-8-2/h8-9,18-19H,2,6-7,10-17,20H2,1,3-5H3,(H2,28,29)/b23-9+. The Balaban J connectivity index is 1.64. The largest absolute Gasteiger partial charge is 0.373 e. The summed E-state index contributed by atoms with van der Waals surface area (Å²) in [5, 5.41) is 0. The van der Waals surface area contributed by atoms with Gasteiger partial charge in [-0.2, -0.15) is 0 Å². The van der Waals surface area contributed by atoms with Crippen molar-refractivity contribution in [1.82, 2.24) is 19.6 Å². The molecule has 6 nitrogen and oxygen atoms in total. The normalized spacial score (nSPS) is 18.6. The Morgan fingerprint density at radius 2 is 1.58 bits per heavy atom. The number of piperazine rings is 2. The van der Waals surface area contributed by atoms with Gasteiger partial charge in [-0.05, 0) is 49.9 Å². The molecule has 180 valence electrons. The van der Waals surface area contributed by atoms with Crippen molar-refractivity contribution in [3.8, 4) is 0 Å². The molecule has 1 aromatic carbocycles. The Morgan fingerprint density at radius 3 is 2.18 bits per heavy atom. The first kappa shape index (κ1) is 24.9. The second-order valence-electron chi connectivity index (χ2n) is 9.20. The lowest BCUT2D eigenvalue weighted by Gasteiger charge is -2.38. The summed E-state index contributed by atoms with van der Waals surface area (Å²) in [6, 6.07) is 4.70. The molecule has 0 aromatic heterocycles. The van der Waals surface area contributed by atoms with Crippen LogP contribution in [0.4, 0.5) is 0 Å². The number of hydrogen-bond donors (Lipinski definition) is 1. The molecule has 1 aromatic rings. The van der Waals surface area contributed by atoms with E-state index in [2.05, 4.69) is 83.7 Å². The van der Waals surface area contributed by atoms with Crippen LogP contribution in [-0.4, -0.2) is 77.9 Å². The molecule has 0 spiro atoms. The maximum Gasteiger partial charge on any atom is 0.195 e.